The molecule has 6 heteroatoms. The van der Waals surface area contributed by atoms with E-state index in [9.17, 15) is 19.5 Å². The number of hydrogen-bond acceptors (Lipinski definition) is 6. The van der Waals surface area contributed by atoms with Crippen molar-refractivity contribution >= 4 is 28.7 Å². The number of aliphatic hydroxyl groups excluding tert-OH is 1. The molecule has 27 heavy (non-hydrogen) atoms. The Kier molecular flexibility index (Phi) is 3.25. The van der Waals surface area contributed by atoms with Gasteiger partial charge in [0.15, 0.2) is 11.6 Å². The summed E-state index contributed by atoms with van der Waals surface area (Å²) in [6, 6.07) is 11.4. The van der Waals surface area contributed by atoms with E-state index in [1.807, 2.05) is 0 Å². The van der Waals surface area contributed by atoms with Crippen molar-refractivity contribution < 1.29 is 24.2 Å². The zero-order chi connectivity index (χ0) is 18.9. The summed E-state index contributed by atoms with van der Waals surface area (Å²) in [6.07, 6.45) is -1.07. The topological polar surface area (TPSA) is 80.7 Å². The summed E-state index contributed by atoms with van der Waals surface area (Å²) in [5.74, 6) is -0.539. The maximum Gasteiger partial charge on any atom is 0.204 e. The zero-order valence-electron chi connectivity index (χ0n) is 14.1. The summed E-state index contributed by atoms with van der Waals surface area (Å²) < 4.78 is 5.18. The highest BCUT2D eigenvalue weighted by Crippen LogP contribution is 2.46. The van der Waals surface area contributed by atoms with Gasteiger partial charge in [0.25, 0.3) is 0 Å². The van der Waals surface area contributed by atoms with Crippen LogP contribution in [0.2, 0.25) is 0 Å². The quantitative estimate of drug-likeness (QED) is 0.552. The molecule has 0 saturated heterocycles. The number of hydrogen-bond donors (Lipinski definition) is 1. The molecule has 1 N–H and O–H groups in total. The highest BCUT2D eigenvalue weighted by molar-refractivity contribution is 7.15. The minimum atomic E-state index is -1.07. The van der Waals surface area contributed by atoms with Crippen LogP contribution in [0.15, 0.2) is 42.5 Å². The molecule has 0 radical (unpaired) electrons. The number of carbonyl (C=O) groups is 3. The van der Waals surface area contributed by atoms with Crippen molar-refractivity contribution in [2.24, 2.45) is 0 Å². The molecule has 0 amide bonds. The van der Waals surface area contributed by atoms with E-state index in [4.69, 9.17) is 4.74 Å². The summed E-state index contributed by atoms with van der Waals surface area (Å²) >= 11 is 1.03. The Morgan fingerprint density at radius 2 is 1.56 bits per heavy atom. The summed E-state index contributed by atoms with van der Waals surface area (Å²) in [5.41, 5.74) is 1.59. The Bertz CT molecular complexity index is 1190. The molecule has 2 aromatic carbocycles. The minimum absolute atomic E-state index is 0.108. The van der Waals surface area contributed by atoms with E-state index in [2.05, 4.69) is 0 Å². The Hall–Kier alpha value is -3.09. The van der Waals surface area contributed by atoms with Gasteiger partial charge in [-0.25, -0.2) is 0 Å². The fourth-order valence-electron chi connectivity index (χ4n) is 3.75. The van der Waals surface area contributed by atoms with Gasteiger partial charge in [-0.1, -0.05) is 30.3 Å². The molecule has 2 aliphatic rings. The van der Waals surface area contributed by atoms with Gasteiger partial charge in [-0.2, -0.15) is 0 Å². The number of ether oxygens (including phenoxy) is 1. The van der Waals surface area contributed by atoms with E-state index in [0.717, 1.165) is 11.3 Å². The van der Waals surface area contributed by atoms with Gasteiger partial charge in [-0.15, -0.1) is 11.3 Å². The van der Waals surface area contributed by atoms with Gasteiger partial charge in [-0.05, 0) is 17.7 Å². The fraction of sp³-hybridized carbons (Fsp3) is 0.0952. The van der Waals surface area contributed by atoms with Crippen LogP contribution < -0.4 is 4.74 Å². The normalized spacial score (nSPS) is 17.1. The average Bonchev–Trinajstić information content (AvgIpc) is 3.11. The van der Waals surface area contributed by atoms with Crippen LogP contribution in [0.5, 0.6) is 5.75 Å². The van der Waals surface area contributed by atoms with E-state index in [1.54, 1.807) is 42.5 Å². The Morgan fingerprint density at radius 3 is 2.26 bits per heavy atom. The second-order valence-electron chi connectivity index (χ2n) is 6.43. The van der Waals surface area contributed by atoms with Crippen molar-refractivity contribution in [3.8, 4) is 5.75 Å². The maximum atomic E-state index is 13.2. The fourth-order valence-corrected chi connectivity index (χ4v) is 5.01. The maximum absolute atomic E-state index is 13.2. The van der Waals surface area contributed by atoms with Crippen LogP contribution in [0.1, 0.15) is 63.6 Å². The first-order valence-electron chi connectivity index (χ1n) is 8.28. The summed E-state index contributed by atoms with van der Waals surface area (Å²) in [4.78, 5) is 39.7. The number of methoxy groups -OCH3 is 1. The Morgan fingerprint density at radius 1 is 0.889 bits per heavy atom. The molecule has 2 aliphatic carbocycles. The lowest BCUT2D eigenvalue weighted by Crippen LogP contribution is -2.24. The highest BCUT2D eigenvalue weighted by Gasteiger charge is 2.42. The standard InChI is InChI=1S/C21H12O5S/c1-26-9-6-7-12-13(8-9)17(23)15-14-16(22)10-4-2-3-5-11(10)18(24)20(14)27-21(15)19(12)25/h2-8,19,25H,1H3. The molecule has 5 nitrogen and oxygen atoms in total. The third kappa shape index (κ3) is 1.99. The van der Waals surface area contributed by atoms with Crippen molar-refractivity contribution in [1.82, 2.24) is 0 Å². The van der Waals surface area contributed by atoms with Crippen LogP contribution in [0.3, 0.4) is 0 Å². The van der Waals surface area contributed by atoms with Gasteiger partial charge in [-0.3, -0.25) is 14.4 Å². The molecule has 0 bridgehead atoms. The molecule has 5 rings (SSSR count). The van der Waals surface area contributed by atoms with Crippen LogP contribution in [-0.4, -0.2) is 29.6 Å². The van der Waals surface area contributed by atoms with Gasteiger partial charge < -0.3 is 9.84 Å². The number of rotatable bonds is 1. The van der Waals surface area contributed by atoms with Crippen LogP contribution in [0.4, 0.5) is 0 Å². The van der Waals surface area contributed by atoms with Crippen molar-refractivity contribution in [2.75, 3.05) is 7.11 Å². The number of benzene rings is 2. The van der Waals surface area contributed by atoms with E-state index in [1.165, 1.54) is 7.11 Å². The predicted octanol–water partition coefficient (Wildman–Crippen LogP) is 3.16. The SMILES string of the molecule is COc1ccc2c(c1)C(=O)c1c(sc3c1C(=O)c1ccccc1C3=O)C2O. The largest absolute Gasteiger partial charge is 0.497 e. The van der Waals surface area contributed by atoms with E-state index < -0.39 is 6.10 Å². The molecule has 1 unspecified atom stereocenters. The van der Waals surface area contributed by atoms with Crippen LogP contribution in [-0.2, 0) is 0 Å². The molecule has 3 aromatic rings. The lowest BCUT2D eigenvalue weighted by Gasteiger charge is -2.22. The van der Waals surface area contributed by atoms with Crippen LogP contribution >= 0.6 is 11.3 Å². The summed E-state index contributed by atoms with van der Waals surface area (Å²) in [6.45, 7) is 0. The Balaban J connectivity index is 1.78. The number of carbonyl (C=O) groups excluding carboxylic acids is 3. The van der Waals surface area contributed by atoms with Gasteiger partial charge >= 0.3 is 0 Å². The van der Waals surface area contributed by atoms with E-state index in [-0.39, 0.29) is 44.5 Å². The molecule has 0 saturated carbocycles. The third-order valence-electron chi connectivity index (χ3n) is 5.06. The molecule has 0 fully saturated rings. The lowest BCUT2D eigenvalue weighted by molar-refractivity contribution is 0.0971. The third-order valence-corrected chi connectivity index (χ3v) is 6.30. The van der Waals surface area contributed by atoms with Crippen molar-refractivity contribution in [3.63, 3.8) is 0 Å². The van der Waals surface area contributed by atoms with Gasteiger partial charge in [0.1, 0.15) is 11.9 Å². The second kappa shape index (κ2) is 5.45. The number of ketones is 3. The summed E-state index contributed by atoms with van der Waals surface area (Å²) in [5, 5.41) is 10.8. The predicted molar refractivity (Wildman–Crippen MR) is 98.1 cm³/mol. The lowest BCUT2D eigenvalue weighted by atomic mass is 9.81. The van der Waals surface area contributed by atoms with Crippen molar-refractivity contribution in [1.29, 1.82) is 0 Å². The van der Waals surface area contributed by atoms with Gasteiger partial charge in [0.05, 0.1) is 28.0 Å². The molecule has 0 aliphatic heterocycles. The van der Waals surface area contributed by atoms with Crippen molar-refractivity contribution in [3.05, 3.63) is 85.6 Å². The number of aliphatic hydroxyl groups is 1. The van der Waals surface area contributed by atoms with E-state index >= 15 is 0 Å². The molecule has 0 spiro atoms. The second-order valence-corrected chi connectivity index (χ2v) is 7.49. The molecular weight excluding hydrogens is 364 g/mol. The first-order valence-corrected chi connectivity index (χ1v) is 9.10. The smallest absolute Gasteiger partial charge is 0.204 e. The zero-order valence-corrected chi connectivity index (χ0v) is 14.9. The van der Waals surface area contributed by atoms with E-state index in [0.29, 0.717) is 21.8 Å². The van der Waals surface area contributed by atoms with Crippen LogP contribution in [0.25, 0.3) is 0 Å². The molecule has 1 aromatic heterocycles. The first kappa shape index (κ1) is 16.1. The average molecular weight is 376 g/mol. The molecule has 132 valence electrons. The van der Waals surface area contributed by atoms with Crippen LogP contribution in [0, 0.1) is 0 Å². The van der Waals surface area contributed by atoms with Gasteiger partial charge in [0, 0.05) is 16.7 Å². The monoisotopic (exact) mass is 376 g/mol. The molecule has 1 heterocycles. The highest BCUT2D eigenvalue weighted by atomic mass is 32.1. The summed E-state index contributed by atoms with van der Waals surface area (Å²) in [7, 11) is 1.49. The molecular formula is C21H12O5S. The number of fused-ring (bicyclic) bond motifs is 5. The Labute approximate surface area is 157 Å². The number of thiophene rings is 1. The van der Waals surface area contributed by atoms with Gasteiger partial charge in [0.2, 0.25) is 5.78 Å². The van der Waals surface area contributed by atoms with Crippen molar-refractivity contribution in [2.45, 2.75) is 6.10 Å². The minimum Gasteiger partial charge on any atom is -0.497 e. The molecule has 1 atom stereocenters. The first-order chi connectivity index (χ1) is 13.0.